The van der Waals surface area contributed by atoms with Crippen LogP contribution in [-0.2, 0) is 0 Å². The summed E-state index contributed by atoms with van der Waals surface area (Å²) in [5.41, 5.74) is 0.417. The maximum Gasteiger partial charge on any atom is 0.176 e. The molecule has 10 heavy (non-hydrogen) atoms. The molecule has 52 valence electrons. The summed E-state index contributed by atoms with van der Waals surface area (Å²) in [6.45, 7) is 1.63. The van der Waals surface area contributed by atoms with Crippen LogP contribution in [-0.4, -0.2) is 20.9 Å². The Morgan fingerprint density at radius 3 is 2.60 bits per heavy atom. The van der Waals surface area contributed by atoms with E-state index in [0.29, 0.717) is 11.5 Å². The molecule has 1 heterocycles. The van der Waals surface area contributed by atoms with E-state index in [1.54, 1.807) is 25.4 Å². The summed E-state index contributed by atoms with van der Waals surface area (Å²) in [5.74, 6) is 0.449. The molecule has 0 saturated heterocycles. The van der Waals surface area contributed by atoms with Gasteiger partial charge in [0.25, 0.3) is 0 Å². The molecule has 1 N–H and O–H groups in total. The van der Waals surface area contributed by atoms with E-state index in [4.69, 9.17) is 5.21 Å². The van der Waals surface area contributed by atoms with Gasteiger partial charge in [-0.3, -0.25) is 0 Å². The molecule has 1 rings (SSSR count). The third-order valence-corrected chi connectivity index (χ3v) is 1.04. The van der Waals surface area contributed by atoms with E-state index in [1.807, 2.05) is 0 Å². The number of oxime groups is 1. The van der Waals surface area contributed by atoms with Crippen molar-refractivity contribution in [1.82, 2.24) is 9.97 Å². The van der Waals surface area contributed by atoms with Crippen molar-refractivity contribution in [3.63, 3.8) is 0 Å². The van der Waals surface area contributed by atoms with Gasteiger partial charge < -0.3 is 5.21 Å². The van der Waals surface area contributed by atoms with Crippen LogP contribution < -0.4 is 0 Å². The maximum absolute atomic E-state index is 8.30. The van der Waals surface area contributed by atoms with Crippen LogP contribution >= 0.6 is 0 Å². The summed E-state index contributed by atoms with van der Waals surface area (Å²) in [6, 6.07) is 1.70. The molecule has 0 aliphatic heterocycles. The lowest BCUT2D eigenvalue weighted by Crippen LogP contribution is -2.00. The van der Waals surface area contributed by atoms with Crippen molar-refractivity contribution in [3.05, 3.63) is 24.3 Å². The Labute approximate surface area is 58.2 Å². The van der Waals surface area contributed by atoms with Crippen LogP contribution in [0.3, 0.4) is 0 Å². The Kier molecular flexibility index (Phi) is 1.94. The van der Waals surface area contributed by atoms with Gasteiger partial charge in [-0.15, -0.1) is 0 Å². The Morgan fingerprint density at radius 1 is 1.50 bits per heavy atom. The van der Waals surface area contributed by atoms with Gasteiger partial charge in [-0.05, 0) is 13.0 Å². The molecule has 0 unspecified atom stereocenters. The van der Waals surface area contributed by atoms with Crippen molar-refractivity contribution in [2.24, 2.45) is 5.16 Å². The number of rotatable bonds is 1. The molecule has 0 aliphatic rings. The van der Waals surface area contributed by atoms with E-state index >= 15 is 0 Å². The average Bonchev–Trinajstić information content (AvgIpc) is 2.05. The van der Waals surface area contributed by atoms with Crippen molar-refractivity contribution in [2.75, 3.05) is 0 Å². The maximum atomic E-state index is 8.30. The minimum Gasteiger partial charge on any atom is -0.411 e. The van der Waals surface area contributed by atoms with Gasteiger partial charge in [-0.1, -0.05) is 5.16 Å². The van der Waals surface area contributed by atoms with Gasteiger partial charge in [-0.25, -0.2) is 9.97 Å². The molecule has 0 bridgehead atoms. The molecule has 4 nitrogen and oxygen atoms in total. The van der Waals surface area contributed by atoms with Gasteiger partial charge >= 0.3 is 0 Å². The van der Waals surface area contributed by atoms with Crippen LogP contribution in [0, 0.1) is 0 Å². The second-order valence-corrected chi connectivity index (χ2v) is 1.76. The van der Waals surface area contributed by atoms with Crippen molar-refractivity contribution >= 4 is 5.71 Å². The highest BCUT2D eigenvalue weighted by Gasteiger charge is 1.96. The third-order valence-electron chi connectivity index (χ3n) is 1.04. The van der Waals surface area contributed by atoms with Gasteiger partial charge in [0, 0.05) is 12.4 Å². The first-order chi connectivity index (χ1) is 4.84. The molecular weight excluding hydrogens is 130 g/mol. The highest BCUT2D eigenvalue weighted by molar-refractivity contribution is 5.94. The second-order valence-electron chi connectivity index (χ2n) is 1.76. The molecule has 0 aromatic carbocycles. The Bertz CT molecular complexity index is 232. The van der Waals surface area contributed by atoms with Crippen molar-refractivity contribution in [3.8, 4) is 0 Å². The molecule has 0 atom stereocenters. The first-order valence-electron chi connectivity index (χ1n) is 2.80. The van der Waals surface area contributed by atoms with Crippen molar-refractivity contribution in [2.45, 2.75) is 6.92 Å². The highest BCUT2D eigenvalue weighted by Crippen LogP contribution is 1.88. The van der Waals surface area contributed by atoms with Crippen LogP contribution in [0.4, 0.5) is 0 Å². The lowest BCUT2D eigenvalue weighted by molar-refractivity contribution is 0.318. The average molecular weight is 137 g/mol. The molecule has 4 heteroatoms. The molecule has 0 aliphatic carbocycles. The zero-order valence-electron chi connectivity index (χ0n) is 5.52. The highest BCUT2D eigenvalue weighted by atomic mass is 16.4. The molecule has 0 amide bonds. The number of aromatic nitrogens is 2. The van der Waals surface area contributed by atoms with Crippen LogP contribution in [0.5, 0.6) is 0 Å². The van der Waals surface area contributed by atoms with Gasteiger partial charge in [0.15, 0.2) is 5.82 Å². The normalized spacial score (nSPS) is 11.5. The van der Waals surface area contributed by atoms with E-state index in [0.717, 1.165) is 0 Å². The van der Waals surface area contributed by atoms with Crippen LogP contribution in [0.2, 0.25) is 0 Å². The lowest BCUT2D eigenvalue weighted by atomic mass is 10.4. The summed E-state index contributed by atoms with van der Waals surface area (Å²) in [4.78, 5) is 7.70. The largest absolute Gasteiger partial charge is 0.411 e. The summed E-state index contributed by atoms with van der Waals surface area (Å²) >= 11 is 0. The van der Waals surface area contributed by atoms with Gasteiger partial charge in [0.05, 0.1) is 0 Å². The van der Waals surface area contributed by atoms with Crippen LogP contribution in [0.25, 0.3) is 0 Å². The first kappa shape index (κ1) is 6.67. The SMILES string of the molecule is C/C(=N\O)c1ncccn1. The Balaban J connectivity index is 2.96. The monoisotopic (exact) mass is 137 g/mol. The van der Waals surface area contributed by atoms with E-state index in [1.165, 1.54) is 0 Å². The van der Waals surface area contributed by atoms with Gasteiger partial charge in [0.2, 0.25) is 0 Å². The standard InChI is InChI=1S/C6H7N3O/c1-5(9-10)6-7-3-2-4-8-6/h2-4,10H,1H3/b9-5+. The molecule has 0 saturated carbocycles. The predicted octanol–water partition coefficient (Wildman–Crippen LogP) is 0.675. The smallest absolute Gasteiger partial charge is 0.176 e. The third kappa shape index (κ3) is 1.28. The summed E-state index contributed by atoms with van der Waals surface area (Å²) < 4.78 is 0. The Morgan fingerprint density at radius 2 is 2.10 bits per heavy atom. The number of hydrogen-bond acceptors (Lipinski definition) is 4. The van der Waals surface area contributed by atoms with Crippen molar-refractivity contribution in [1.29, 1.82) is 0 Å². The quantitative estimate of drug-likeness (QED) is 0.351. The van der Waals surface area contributed by atoms with Gasteiger partial charge in [-0.2, -0.15) is 0 Å². The van der Waals surface area contributed by atoms with E-state index in [-0.39, 0.29) is 0 Å². The second kappa shape index (κ2) is 2.91. The summed E-state index contributed by atoms with van der Waals surface area (Å²) in [7, 11) is 0. The number of nitrogens with zero attached hydrogens (tertiary/aromatic N) is 3. The van der Waals surface area contributed by atoms with Crippen molar-refractivity contribution < 1.29 is 5.21 Å². The van der Waals surface area contributed by atoms with Crippen LogP contribution in [0.15, 0.2) is 23.6 Å². The zero-order chi connectivity index (χ0) is 7.40. The molecule has 1 aromatic heterocycles. The molecule has 0 spiro atoms. The molecular formula is C6H7N3O. The van der Waals surface area contributed by atoms with Gasteiger partial charge in [0.1, 0.15) is 5.71 Å². The fourth-order valence-corrected chi connectivity index (χ4v) is 0.531. The van der Waals surface area contributed by atoms with Crippen LogP contribution in [0.1, 0.15) is 12.7 Å². The molecule has 0 fully saturated rings. The van der Waals surface area contributed by atoms with E-state index < -0.39 is 0 Å². The summed E-state index contributed by atoms with van der Waals surface area (Å²) in [6.07, 6.45) is 3.19. The fourth-order valence-electron chi connectivity index (χ4n) is 0.531. The predicted molar refractivity (Wildman–Crippen MR) is 36.0 cm³/mol. The first-order valence-corrected chi connectivity index (χ1v) is 2.80. The minimum atomic E-state index is 0.417. The van der Waals surface area contributed by atoms with E-state index in [9.17, 15) is 0 Å². The molecule has 1 aromatic rings. The zero-order valence-corrected chi connectivity index (χ0v) is 5.52. The number of hydrogen-bond donors (Lipinski definition) is 1. The summed E-state index contributed by atoms with van der Waals surface area (Å²) in [5, 5.41) is 11.2. The minimum absolute atomic E-state index is 0.417. The molecule has 0 radical (unpaired) electrons. The van der Waals surface area contributed by atoms with E-state index in [2.05, 4.69) is 15.1 Å². The Hall–Kier alpha value is -1.45. The fraction of sp³-hybridized carbons (Fsp3) is 0.167. The topological polar surface area (TPSA) is 58.4 Å². The lowest BCUT2D eigenvalue weighted by Gasteiger charge is -1.91.